The van der Waals surface area contributed by atoms with Crippen molar-refractivity contribution in [3.8, 4) is 23.0 Å². The van der Waals surface area contributed by atoms with Gasteiger partial charge in [-0.1, -0.05) is 23.3 Å². The van der Waals surface area contributed by atoms with Crippen LogP contribution in [-0.2, 0) is 0 Å². The van der Waals surface area contributed by atoms with E-state index in [1.807, 2.05) is 19.9 Å². The molecule has 0 aromatic heterocycles. The SMILES string of the molecule is COc1c(O)c2c3c(c(O)cc(C)c3c1O)C(=O)[C@](C)(C/C=C(\C)CC/C=C(\C)CC[C@@H](O)C(C)(C)O)C2=O. The zero-order valence-electron chi connectivity index (χ0n) is 23.8. The summed E-state index contributed by atoms with van der Waals surface area (Å²) in [6, 6.07) is 1.36. The summed E-state index contributed by atoms with van der Waals surface area (Å²) >= 11 is 0. The Labute approximate surface area is 229 Å². The second-order valence-electron chi connectivity index (χ2n) is 11.5. The first-order valence-corrected chi connectivity index (χ1v) is 13.2. The molecule has 3 rings (SSSR count). The van der Waals surface area contributed by atoms with E-state index in [0.29, 0.717) is 24.8 Å². The smallest absolute Gasteiger partial charge is 0.204 e. The van der Waals surface area contributed by atoms with E-state index in [2.05, 4.69) is 6.08 Å². The number of aliphatic hydroxyl groups excluding tert-OH is 1. The molecule has 2 atom stereocenters. The first-order valence-electron chi connectivity index (χ1n) is 13.2. The predicted octanol–water partition coefficient (Wildman–Crippen LogP) is 5.63. The van der Waals surface area contributed by atoms with E-state index in [4.69, 9.17) is 4.74 Å². The van der Waals surface area contributed by atoms with Gasteiger partial charge in [0.1, 0.15) is 5.75 Å². The molecule has 1 aliphatic rings. The van der Waals surface area contributed by atoms with E-state index in [-0.39, 0.29) is 39.8 Å². The van der Waals surface area contributed by atoms with Gasteiger partial charge in [-0.3, -0.25) is 9.59 Å². The van der Waals surface area contributed by atoms with Gasteiger partial charge in [-0.05, 0) is 85.3 Å². The molecule has 2 aromatic carbocycles. The van der Waals surface area contributed by atoms with Gasteiger partial charge in [0.2, 0.25) is 5.75 Å². The number of carbonyl (C=O) groups excluding carboxylic acids is 2. The molecule has 0 bridgehead atoms. The third-order valence-corrected chi connectivity index (χ3v) is 7.84. The summed E-state index contributed by atoms with van der Waals surface area (Å²) < 4.78 is 5.18. The van der Waals surface area contributed by atoms with Gasteiger partial charge in [0.25, 0.3) is 0 Å². The highest BCUT2D eigenvalue weighted by Crippen LogP contribution is 2.54. The number of aliphatic hydroxyl groups is 2. The van der Waals surface area contributed by atoms with Gasteiger partial charge in [-0.15, -0.1) is 0 Å². The van der Waals surface area contributed by atoms with Gasteiger partial charge in [0.15, 0.2) is 23.1 Å². The minimum atomic E-state index is -1.58. The topological polar surface area (TPSA) is 145 Å². The quantitative estimate of drug-likeness (QED) is 0.192. The number of aryl methyl sites for hydroxylation is 1. The Balaban J connectivity index is 1.87. The normalized spacial score (nSPS) is 19.1. The van der Waals surface area contributed by atoms with Crippen LogP contribution in [0.25, 0.3) is 10.8 Å². The Morgan fingerprint density at radius 3 is 2.18 bits per heavy atom. The van der Waals surface area contributed by atoms with Gasteiger partial charge in [0, 0.05) is 10.8 Å². The number of allylic oxidation sites excluding steroid dienone is 4. The van der Waals surface area contributed by atoms with E-state index in [9.17, 15) is 35.1 Å². The third kappa shape index (κ3) is 5.54. The molecule has 2 aromatic rings. The van der Waals surface area contributed by atoms with Crippen LogP contribution >= 0.6 is 0 Å². The molecule has 8 nitrogen and oxygen atoms in total. The van der Waals surface area contributed by atoms with Crippen molar-refractivity contribution in [2.75, 3.05) is 7.11 Å². The molecule has 0 radical (unpaired) electrons. The lowest BCUT2D eigenvalue weighted by Gasteiger charge is -2.33. The number of phenols is 3. The fraction of sp³-hybridized carbons (Fsp3) is 0.484. The molecule has 1 aliphatic carbocycles. The number of carbonyl (C=O) groups is 2. The van der Waals surface area contributed by atoms with Crippen molar-refractivity contribution in [2.45, 2.75) is 85.4 Å². The summed E-state index contributed by atoms with van der Waals surface area (Å²) in [6.07, 6.45) is 5.69. The van der Waals surface area contributed by atoms with E-state index in [0.717, 1.165) is 17.6 Å². The van der Waals surface area contributed by atoms with Crippen molar-refractivity contribution in [3.63, 3.8) is 0 Å². The van der Waals surface area contributed by atoms with Crippen LogP contribution < -0.4 is 4.74 Å². The number of ether oxygens (including phenoxy) is 1. The zero-order chi connectivity index (χ0) is 29.4. The molecular weight excluding hydrogens is 500 g/mol. The number of ketones is 2. The highest BCUT2D eigenvalue weighted by atomic mass is 16.5. The Bertz CT molecular complexity index is 1380. The van der Waals surface area contributed by atoms with Crippen LogP contribution in [0.15, 0.2) is 29.4 Å². The number of rotatable bonds is 10. The van der Waals surface area contributed by atoms with Crippen LogP contribution in [0.1, 0.15) is 93.0 Å². The number of aromatic hydroxyl groups is 3. The van der Waals surface area contributed by atoms with Crippen LogP contribution in [0, 0.1) is 12.3 Å². The number of methoxy groups -OCH3 is 1. The molecule has 0 spiro atoms. The average Bonchev–Trinajstić information content (AvgIpc) is 2.84. The van der Waals surface area contributed by atoms with Crippen molar-refractivity contribution in [1.29, 1.82) is 0 Å². The van der Waals surface area contributed by atoms with Crippen molar-refractivity contribution in [2.24, 2.45) is 5.41 Å². The standard InChI is InChI=1S/C31H40O8/c1-16(11-12-20(33)30(4,5)38)9-8-10-17(2)13-14-31(6)28(36)22-19(32)15-18(3)21-23(22)24(29(31)37)26(35)27(39-7)25(21)34/h9,13,15,20,32-35,38H,8,10-12,14H2,1-7H3/b16-9+,17-13+/t20-,31+/m1/s1. The molecule has 212 valence electrons. The summed E-state index contributed by atoms with van der Waals surface area (Å²) in [5.74, 6) is -2.71. The molecular formula is C31H40O8. The summed E-state index contributed by atoms with van der Waals surface area (Å²) in [5.41, 5.74) is -0.471. The minimum Gasteiger partial charge on any atom is -0.507 e. The third-order valence-electron chi connectivity index (χ3n) is 7.84. The maximum absolute atomic E-state index is 13.8. The molecule has 5 N–H and O–H groups in total. The number of benzene rings is 2. The summed E-state index contributed by atoms with van der Waals surface area (Å²) in [5, 5.41) is 52.5. The van der Waals surface area contributed by atoms with Crippen LogP contribution in [0.3, 0.4) is 0 Å². The van der Waals surface area contributed by atoms with Crippen LogP contribution in [0.2, 0.25) is 0 Å². The van der Waals surface area contributed by atoms with Crippen molar-refractivity contribution >= 4 is 22.3 Å². The summed E-state index contributed by atoms with van der Waals surface area (Å²) in [7, 11) is 1.26. The molecule has 0 saturated heterocycles. The number of phenolic OH excluding ortho intramolecular Hbond substituents is 3. The molecule has 0 saturated carbocycles. The summed E-state index contributed by atoms with van der Waals surface area (Å²) in [6.45, 7) is 10.2. The average molecular weight is 541 g/mol. The van der Waals surface area contributed by atoms with Gasteiger partial charge in [-0.25, -0.2) is 0 Å². The number of hydrogen-bond donors (Lipinski definition) is 5. The van der Waals surface area contributed by atoms with Crippen molar-refractivity contribution in [3.05, 3.63) is 46.1 Å². The molecule has 0 fully saturated rings. The highest BCUT2D eigenvalue weighted by molar-refractivity contribution is 6.34. The van der Waals surface area contributed by atoms with Crippen molar-refractivity contribution in [1.82, 2.24) is 0 Å². The highest BCUT2D eigenvalue weighted by Gasteiger charge is 2.49. The Hall–Kier alpha value is -3.36. The Morgan fingerprint density at radius 2 is 1.59 bits per heavy atom. The van der Waals surface area contributed by atoms with E-state index in [1.165, 1.54) is 20.1 Å². The molecule has 0 heterocycles. The lowest BCUT2D eigenvalue weighted by Crippen LogP contribution is -2.40. The van der Waals surface area contributed by atoms with Crippen molar-refractivity contribution < 1.29 is 39.9 Å². The lowest BCUT2D eigenvalue weighted by molar-refractivity contribution is -0.0509. The Kier molecular flexibility index (Phi) is 8.53. The molecule has 0 amide bonds. The maximum Gasteiger partial charge on any atom is 0.204 e. The number of hydrogen-bond acceptors (Lipinski definition) is 8. The number of Topliss-reactive ketones (excluding diaryl/α,β-unsaturated/α-hetero) is 2. The maximum atomic E-state index is 13.8. The van der Waals surface area contributed by atoms with Crippen LogP contribution in [0.5, 0.6) is 23.0 Å². The molecule has 39 heavy (non-hydrogen) atoms. The van der Waals surface area contributed by atoms with Crippen LogP contribution in [-0.4, -0.2) is 55.9 Å². The lowest BCUT2D eigenvalue weighted by atomic mass is 9.67. The molecule has 8 heteroatoms. The zero-order valence-corrected chi connectivity index (χ0v) is 23.8. The first-order chi connectivity index (χ1) is 18.1. The minimum absolute atomic E-state index is 0.0341. The van der Waals surface area contributed by atoms with Gasteiger partial charge < -0.3 is 30.3 Å². The molecule has 0 aliphatic heterocycles. The fourth-order valence-corrected chi connectivity index (χ4v) is 5.14. The molecule has 0 unspecified atom stereocenters. The van der Waals surface area contributed by atoms with E-state index >= 15 is 0 Å². The van der Waals surface area contributed by atoms with Gasteiger partial charge in [-0.2, -0.15) is 0 Å². The monoisotopic (exact) mass is 540 g/mol. The van der Waals surface area contributed by atoms with Gasteiger partial charge >= 0.3 is 0 Å². The van der Waals surface area contributed by atoms with Crippen LogP contribution in [0.4, 0.5) is 0 Å². The second kappa shape index (κ2) is 11.0. The Morgan fingerprint density at radius 1 is 1.00 bits per heavy atom. The fourth-order valence-electron chi connectivity index (χ4n) is 5.14. The van der Waals surface area contributed by atoms with E-state index < -0.39 is 40.2 Å². The summed E-state index contributed by atoms with van der Waals surface area (Å²) in [4.78, 5) is 27.5. The largest absolute Gasteiger partial charge is 0.507 e. The predicted molar refractivity (Wildman–Crippen MR) is 150 cm³/mol. The van der Waals surface area contributed by atoms with Gasteiger partial charge in [0.05, 0.1) is 35.4 Å². The second-order valence-corrected chi connectivity index (χ2v) is 11.5. The first kappa shape index (κ1) is 30.2. The van der Waals surface area contributed by atoms with E-state index in [1.54, 1.807) is 20.8 Å².